The van der Waals surface area contributed by atoms with Gasteiger partial charge in [0.1, 0.15) is 35.2 Å². The first-order valence-electron chi connectivity index (χ1n) is 18.0. The van der Waals surface area contributed by atoms with E-state index < -0.39 is 46.5 Å². The third-order valence-electron chi connectivity index (χ3n) is 10.2. The van der Waals surface area contributed by atoms with Crippen LogP contribution in [0.1, 0.15) is 45.7 Å². The van der Waals surface area contributed by atoms with E-state index in [2.05, 4.69) is 0 Å². The number of carbonyl (C=O) groups excluding carboxylic acids is 2. The zero-order chi connectivity index (χ0) is 41.7. The average molecular weight is 791 g/mol. The van der Waals surface area contributed by atoms with Crippen molar-refractivity contribution in [1.29, 1.82) is 0 Å². The van der Waals surface area contributed by atoms with Gasteiger partial charge in [-0.05, 0) is 73.2 Å². The minimum atomic E-state index is -0.922. The summed E-state index contributed by atoms with van der Waals surface area (Å²) in [6.07, 6.45) is -2.10. The molecule has 0 saturated heterocycles. The number of fused-ring (bicyclic) bond motifs is 2. The van der Waals surface area contributed by atoms with Crippen molar-refractivity contribution >= 4 is 55.0 Å². The molecule has 0 aromatic heterocycles. The third-order valence-corrected chi connectivity index (χ3v) is 10.2. The fraction of sp³-hybridized carbons (Fsp3) is 0.227. The van der Waals surface area contributed by atoms with Gasteiger partial charge in [-0.1, -0.05) is 0 Å². The largest absolute Gasteiger partial charge is 0.508 e. The molecule has 0 heterocycles. The Kier molecular flexibility index (Phi) is 10.1. The smallest absolute Gasteiger partial charge is 0.338 e. The van der Waals surface area contributed by atoms with E-state index in [1.807, 2.05) is 0 Å². The lowest BCUT2D eigenvalue weighted by atomic mass is 9.81. The summed E-state index contributed by atoms with van der Waals surface area (Å²) < 4.78 is 34.9. The molecule has 0 aliphatic carbocycles. The molecule has 14 nitrogen and oxygen atoms in total. The first kappa shape index (κ1) is 39.0. The van der Waals surface area contributed by atoms with Gasteiger partial charge in [0.2, 0.25) is 0 Å². The summed E-state index contributed by atoms with van der Waals surface area (Å²) >= 11 is 0. The Morgan fingerprint density at radius 1 is 0.500 bits per heavy atom. The van der Waals surface area contributed by atoms with Gasteiger partial charge in [0.25, 0.3) is 0 Å². The number of methoxy groups -OCH3 is 4. The number of phenols is 4. The molecular formula is C44H38O14. The first-order chi connectivity index (χ1) is 27.7. The number of rotatable bonds is 12. The van der Waals surface area contributed by atoms with Crippen LogP contribution in [0.2, 0.25) is 0 Å². The van der Waals surface area contributed by atoms with Gasteiger partial charge in [0, 0.05) is 57.6 Å². The van der Waals surface area contributed by atoms with Crippen molar-refractivity contribution in [2.75, 3.05) is 28.4 Å². The molecule has 7 aromatic rings. The number of phenolic OH excluding ortho intramolecular Hbond substituents is 4. The maximum Gasteiger partial charge on any atom is 0.338 e. The number of hydrogen-bond acceptors (Lipinski definition) is 14. The van der Waals surface area contributed by atoms with Crippen LogP contribution in [0.4, 0.5) is 0 Å². The molecule has 14 heteroatoms. The molecule has 0 spiro atoms. The van der Waals surface area contributed by atoms with Crippen LogP contribution in [0.15, 0.2) is 70.3 Å². The predicted molar refractivity (Wildman–Crippen MR) is 214 cm³/mol. The number of carbonyl (C=O) groups is 2. The van der Waals surface area contributed by atoms with Gasteiger partial charge >= 0.3 is 11.9 Å². The predicted octanol–water partition coefficient (Wildman–Crippen LogP) is 6.33. The molecule has 0 fully saturated rings. The van der Waals surface area contributed by atoms with Gasteiger partial charge in [-0.15, -0.1) is 0 Å². The fourth-order valence-electron chi connectivity index (χ4n) is 7.84. The van der Waals surface area contributed by atoms with E-state index in [1.54, 1.807) is 13.8 Å². The lowest BCUT2D eigenvalue weighted by Gasteiger charge is -2.26. The molecule has 0 saturated carbocycles. The van der Waals surface area contributed by atoms with E-state index in [1.165, 1.54) is 89.1 Å². The lowest BCUT2D eigenvalue weighted by molar-refractivity contribution is 0.0331. The van der Waals surface area contributed by atoms with E-state index in [4.69, 9.17) is 28.4 Å². The summed E-state index contributed by atoms with van der Waals surface area (Å²) in [5, 5.41) is 44.4. The van der Waals surface area contributed by atoms with Crippen molar-refractivity contribution in [2.24, 2.45) is 0 Å². The zero-order valence-electron chi connectivity index (χ0n) is 32.2. The van der Waals surface area contributed by atoms with Crippen LogP contribution in [0, 0.1) is 0 Å². The average Bonchev–Trinajstić information content (AvgIpc) is 3.19. The maximum atomic E-state index is 14.0. The second-order valence-corrected chi connectivity index (χ2v) is 13.8. The second kappa shape index (κ2) is 15.0. The Hall–Kier alpha value is -7.22. The summed E-state index contributed by atoms with van der Waals surface area (Å²) in [5.74, 6) is -2.65. The molecule has 7 rings (SSSR count). The quantitative estimate of drug-likeness (QED) is 0.0607. The Labute approximate surface area is 329 Å². The number of hydrogen-bond donors (Lipinski definition) is 4. The Morgan fingerprint density at radius 3 is 1.16 bits per heavy atom. The standard InChI is InChI=1S/C44H38O14/c1-19(57-43(51)21-7-11-23(45)12-8-21)15-25-31-32-26(16-20(2)58-44(52)22-9-13-24(46)14-10-22)42(56-6)40(50)34-28(48)18-30(54-4)36(38(32)34)35-29(53-3)17-27(47)33(37(31)35)39(49)41(25)55-5/h7-14,17-20,45-46,49-50H,15-16H2,1-6H3/t19-,20+. The van der Waals surface area contributed by atoms with Crippen molar-refractivity contribution in [3.63, 3.8) is 0 Å². The molecule has 7 aromatic carbocycles. The molecule has 0 radical (unpaired) electrons. The highest BCUT2D eigenvalue weighted by atomic mass is 16.5. The third kappa shape index (κ3) is 6.32. The van der Waals surface area contributed by atoms with Gasteiger partial charge in [-0.3, -0.25) is 9.59 Å². The molecule has 0 unspecified atom stereocenters. The minimum Gasteiger partial charge on any atom is -0.508 e. The van der Waals surface area contributed by atoms with Gasteiger partial charge in [0.05, 0.1) is 50.3 Å². The lowest BCUT2D eigenvalue weighted by Crippen LogP contribution is -2.20. The minimum absolute atomic E-state index is 0.0434. The monoisotopic (exact) mass is 790 g/mol. The van der Waals surface area contributed by atoms with Crippen molar-refractivity contribution in [3.05, 3.63) is 103 Å². The van der Waals surface area contributed by atoms with Crippen molar-refractivity contribution in [3.8, 4) is 46.0 Å². The van der Waals surface area contributed by atoms with Crippen LogP contribution < -0.4 is 29.8 Å². The number of aromatic hydroxyl groups is 4. The normalized spacial score (nSPS) is 12.5. The molecule has 0 aliphatic heterocycles. The molecule has 0 amide bonds. The summed E-state index contributed by atoms with van der Waals surface area (Å²) in [6, 6.07) is 13.4. The van der Waals surface area contributed by atoms with Gasteiger partial charge < -0.3 is 48.8 Å². The van der Waals surface area contributed by atoms with E-state index in [0.717, 1.165) is 0 Å². The van der Waals surface area contributed by atoms with Crippen molar-refractivity contribution in [2.45, 2.75) is 38.9 Å². The zero-order valence-corrected chi connectivity index (χ0v) is 32.2. The SMILES string of the molecule is COc1c(O)c2c(=O)cc(OC)c3c4c(OC)cc(=O)c5c(O)c(OC)c(C[C@H](C)OC(=O)c6ccc(O)cc6)c(c(c1C[C@@H](C)OC(=O)c1ccc(O)cc1)c23)c54. The molecule has 4 N–H and O–H groups in total. The van der Waals surface area contributed by atoms with Gasteiger partial charge in [-0.2, -0.15) is 0 Å². The van der Waals surface area contributed by atoms with Gasteiger partial charge in [0.15, 0.2) is 33.9 Å². The Bertz CT molecular complexity index is 2670. The van der Waals surface area contributed by atoms with Crippen LogP contribution in [0.3, 0.4) is 0 Å². The van der Waals surface area contributed by atoms with Gasteiger partial charge in [-0.25, -0.2) is 9.59 Å². The highest BCUT2D eigenvalue weighted by Gasteiger charge is 2.34. The van der Waals surface area contributed by atoms with Crippen molar-refractivity contribution in [1.82, 2.24) is 0 Å². The van der Waals surface area contributed by atoms with Crippen LogP contribution >= 0.6 is 0 Å². The Balaban J connectivity index is 1.61. The molecule has 0 aliphatic rings. The second-order valence-electron chi connectivity index (χ2n) is 13.8. The van der Waals surface area contributed by atoms with Crippen LogP contribution in [-0.4, -0.2) is 73.0 Å². The summed E-state index contributed by atoms with van der Waals surface area (Å²) in [7, 11) is 5.31. The van der Waals surface area contributed by atoms with E-state index in [-0.39, 0.29) is 113 Å². The number of ether oxygens (including phenoxy) is 6. The Morgan fingerprint density at radius 2 is 0.845 bits per heavy atom. The first-order valence-corrected chi connectivity index (χ1v) is 18.0. The highest BCUT2D eigenvalue weighted by molar-refractivity contribution is 6.38. The van der Waals surface area contributed by atoms with Crippen LogP contribution in [0.25, 0.3) is 43.1 Å². The van der Waals surface area contributed by atoms with Crippen molar-refractivity contribution < 1.29 is 58.4 Å². The van der Waals surface area contributed by atoms with Crippen LogP contribution in [0.5, 0.6) is 46.0 Å². The highest BCUT2D eigenvalue weighted by Crippen LogP contribution is 2.55. The summed E-state index contributed by atoms with van der Waals surface area (Å²) in [6.45, 7) is 3.23. The molecule has 298 valence electrons. The number of esters is 2. The number of benzene rings is 7. The summed E-state index contributed by atoms with van der Waals surface area (Å²) in [4.78, 5) is 54.6. The maximum absolute atomic E-state index is 14.0. The van der Waals surface area contributed by atoms with Crippen LogP contribution in [-0.2, 0) is 22.3 Å². The van der Waals surface area contributed by atoms with E-state index in [0.29, 0.717) is 0 Å². The molecule has 58 heavy (non-hydrogen) atoms. The molecule has 2 atom stereocenters. The molecular weight excluding hydrogens is 752 g/mol. The topological polar surface area (TPSA) is 205 Å². The fourth-order valence-corrected chi connectivity index (χ4v) is 7.84. The van der Waals surface area contributed by atoms with E-state index in [9.17, 15) is 39.6 Å². The van der Waals surface area contributed by atoms with E-state index >= 15 is 0 Å². The summed E-state index contributed by atoms with van der Waals surface area (Å²) in [5.41, 5.74) is -0.444. The molecule has 0 bridgehead atoms.